The van der Waals surface area contributed by atoms with E-state index in [2.05, 4.69) is 29.4 Å². The first-order chi connectivity index (χ1) is 15.0. The van der Waals surface area contributed by atoms with Gasteiger partial charge in [0.15, 0.2) is 6.61 Å². The van der Waals surface area contributed by atoms with E-state index in [9.17, 15) is 4.79 Å². The van der Waals surface area contributed by atoms with Crippen LogP contribution in [0.2, 0.25) is 0 Å². The van der Waals surface area contributed by atoms with Gasteiger partial charge in [0.05, 0.1) is 5.69 Å². The fourth-order valence-electron chi connectivity index (χ4n) is 3.26. The summed E-state index contributed by atoms with van der Waals surface area (Å²) in [4.78, 5) is 13.9. The lowest BCUT2D eigenvalue weighted by atomic mass is 9.99. The molecule has 1 heterocycles. The summed E-state index contributed by atoms with van der Waals surface area (Å²) in [5, 5.41) is 11.9. The molecule has 4 aromatic rings. The van der Waals surface area contributed by atoms with Crippen molar-refractivity contribution in [1.29, 1.82) is 0 Å². The van der Waals surface area contributed by atoms with E-state index < -0.39 is 0 Å². The van der Waals surface area contributed by atoms with Gasteiger partial charge in [-0.05, 0) is 67.3 Å². The molecule has 4 rings (SSSR count). The minimum absolute atomic E-state index is 0.0588. The highest BCUT2D eigenvalue weighted by Gasteiger charge is 2.09. The van der Waals surface area contributed by atoms with Gasteiger partial charge in [0, 0.05) is 5.69 Å². The molecule has 0 aliphatic heterocycles. The minimum Gasteiger partial charge on any atom is -0.484 e. The Hall–Kier alpha value is -3.67. The molecular formula is C25H26N4O2. The van der Waals surface area contributed by atoms with Gasteiger partial charge in [0.2, 0.25) is 0 Å². The summed E-state index contributed by atoms with van der Waals surface area (Å²) in [6, 6.07) is 21.4. The Balaban J connectivity index is 1.38. The second-order valence-corrected chi connectivity index (χ2v) is 7.74. The standard InChI is InChI=1S/C25H26N4O2/c1-4-18(3)19-7-12-22(13-8-19)31-16-25(30)26-20-9-14-23-24(15-20)28-29(27-23)21-10-5-17(2)6-11-21/h5-15,18H,4,16H2,1-3H3,(H,26,30)/t18-/m0/s1. The number of benzene rings is 3. The molecule has 31 heavy (non-hydrogen) atoms. The van der Waals surface area contributed by atoms with Crippen molar-refractivity contribution in [2.75, 3.05) is 11.9 Å². The van der Waals surface area contributed by atoms with Crippen LogP contribution >= 0.6 is 0 Å². The summed E-state index contributed by atoms with van der Waals surface area (Å²) in [6.07, 6.45) is 1.09. The molecule has 0 aliphatic rings. The SMILES string of the molecule is CC[C@H](C)c1ccc(OCC(=O)Nc2ccc3nn(-c4ccc(C)cc4)nc3c2)cc1. The first-order valence-corrected chi connectivity index (χ1v) is 10.5. The van der Waals surface area contributed by atoms with Gasteiger partial charge in [-0.15, -0.1) is 10.2 Å². The largest absolute Gasteiger partial charge is 0.484 e. The Morgan fingerprint density at radius 1 is 1.00 bits per heavy atom. The van der Waals surface area contributed by atoms with Crippen molar-refractivity contribution in [1.82, 2.24) is 15.0 Å². The zero-order chi connectivity index (χ0) is 21.8. The maximum absolute atomic E-state index is 12.3. The third-order valence-corrected chi connectivity index (χ3v) is 5.36. The molecule has 6 nitrogen and oxygen atoms in total. The molecule has 0 saturated heterocycles. The van der Waals surface area contributed by atoms with Crippen molar-refractivity contribution in [2.24, 2.45) is 0 Å². The number of nitrogens with zero attached hydrogens (tertiary/aromatic N) is 3. The zero-order valence-corrected chi connectivity index (χ0v) is 18.0. The van der Waals surface area contributed by atoms with Gasteiger partial charge in [-0.2, -0.15) is 4.80 Å². The fourth-order valence-corrected chi connectivity index (χ4v) is 3.26. The second-order valence-electron chi connectivity index (χ2n) is 7.74. The number of aryl methyl sites for hydroxylation is 1. The molecule has 1 N–H and O–H groups in total. The van der Waals surface area contributed by atoms with Crippen molar-refractivity contribution in [3.63, 3.8) is 0 Å². The molecule has 6 heteroatoms. The summed E-state index contributed by atoms with van der Waals surface area (Å²) >= 11 is 0. The number of ether oxygens (including phenoxy) is 1. The average Bonchev–Trinajstić information content (AvgIpc) is 3.21. The van der Waals surface area contributed by atoms with Crippen LogP contribution in [-0.2, 0) is 4.79 Å². The Kier molecular flexibility index (Phi) is 5.98. The molecule has 0 unspecified atom stereocenters. The third-order valence-electron chi connectivity index (χ3n) is 5.36. The van der Waals surface area contributed by atoms with Gasteiger partial charge in [-0.3, -0.25) is 4.79 Å². The highest BCUT2D eigenvalue weighted by molar-refractivity contribution is 5.93. The van der Waals surface area contributed by atoms with Crippen molar-refractivity contribution in [2.45, 2.75) is 33.1 Å². The number of nitrogens with one attached hydrogen (secondary N) is 1. The van der Waals surface area contributed by atoms with Gasteiger partial charge in [-0.25, -0.2) is 0 Å². The number of fused-ring (bicyclic) bond motifs is 1. The number of carbonyl (C=O) groups excluding carboxylic acids is 1. The Morgan fingerprint density at radius 2 is 1.71 bits per heavy atom. The molecule has 0 radical (unpaired) electrons. The van der Waals surface area contributed by atoms with Gasteiger partial charge >= 0.3 is 0 Å². The number of amides is 1. The molecule has 3 aromatic carbocycles. The van der Waals surface area contributed by atoms with Crippen molar-refractivity contribution in [3.05, 3.63) is 77.9 Å². The Morgan fingerprint density at radius 3 is 2.42 bits per heavy atom. The molecule has 0 bridgehead atoms. The Labute approximate surface area is 181 Å². The molecule has 0 spiro atoms. The van der Waals surface area contributed by atoms with Gasteiger partial charge in [0.25, 0.3) is 5.91 Å². The molecule has 158 valence electrons. The number of rotatable bonds is 7. The minimum atomic E-state index is -0.226. The predicted molar refractivity (Wildman–Crippen MR) is 123 cm³/mol. The zero-order valence-electron chi connectivity index (χ0n) is 18.0. The lowest BCUT2D eigenvalue weighted by Gasteiger charge is -2.11. The van der Waals surface area contributed by atoms with Crippen LogP contribution in [0, 0.1) is 6.92 Å². The van der Waals surface area contributed by atoms with E-state index in [4.69, 9.17) is 4.74 Å². The number of hydrogen-bond donors (Lipinski definition) is 1. The van der Waals surface area contributed by atoms with Gasteiger partial charge in [0.1, 0.15) is 16.8 Å². The molecule has 1 amide bonds. The van der Waals surface area contributed by atoms with Gasteiger partial charge in [-0.1, -0.05) is 43.7 Å². The first kappa shape index (κ1) is 20.6. The van der Waals surface area contributed by atoms with E-state index in [0.29, 0.717) is 22.9 Å². The summed E-state index contributed by atoms with van der Waals surface area (Å²) < 4.78 is 5.62. The first-order valence-electron chi connectivity index (χ1n) is 10.5. The second kappa shape index (κ2) is 9.00. The van der Waals surface area contributed by atoms with Crippen LogP contribution in [0.3, 0.4) is 0 Å². The summed E-state index contributed by atoms with van der Waals surface area (Å²) in [5.74, 6) is 0.964. The number of aromatic nitrogens is 3. The topological polar surface area (TPSA) is 69.0 Å². The molecule has 0 saturated carbocycles. The lowest BCUT2D eigenvalue weighted by Crippen LogP contribution is -2.20. The van der Waals surface area contributed by atoms with Crippen LogP contribution in [0.5, 0.6) is 5.75 Å². The highest BCUT2D eigenvalue weighted by atomic mass is 16.5. The highest BCUT2D eigenvalue weighted by Crippen LogP contribution is 2.22. The number of hydrogen-bond acceptors (Lipinski definition) is 4. The van der Waals surface area contributed by atoms with Crippen LogP contribution in [0.15, 0.2) is 66.7 Å². The van der Waals surface area contributed by atoms with E-state index in [1.54, 1.807) is 4.80 Å². The maximum Gasteiger partial charge on any atom is 0.262 e. The predicted octanol–water partition coefficient (Wildman–Crippen LogP) is 5.26. The van der Waals surface area contributed by atoms with E-state index >= 15 is 0 Å². The van der Waals surface area contributed by atoms with Crippen LogP contribution in [0.4, 0.5) is 5.69 Å². The lowest BCUT2D eigenvalue weighted by molar-refractivity contribution is -0.118. The van der Waals surface area contributed by atoms with E-state index in [1.807, 2.05) is 73.7 Å². The maximum atomic E-state index is 12.3. The summed E-state index contributed by atoms with van der Waals surface area (Å²) in [5.41, 5.74) is 5.46. The van der Waals surface area contributed by atoms with Crippen LogP contribution in [0.1, 0.15) is 37.3 Å². The normalized spacial score (nSPS) is 12.0. The fraction of sp³-hybridized carbons (Fsp3) is 0.240. The van der Waals surface area contributed by atoms with Crippen LogP contribution in [0.25, 0.3) is 16.7 Å². The van der Waals surface area contributed by atoms with Crippen molar-refractivity contribution >= 4 is 22.6 Å². The third kappa shape index (κ3) is 4.91. The molecule has 1 aromatic heterocycles. The summed E-state index contributed by atoms with van der Waals surface area (Å²) in [6.45, 7) is 6.34. The van der Waals surface area contributed by atoms with E-state index in [0.717, 1.165) is 17.6 Å². The quantitative estimate of drug-likeness (QED) is 0.448. The van der Waals surface area contributed by atoms with Crippen molar-refractivity contribution < 1.29 is 9.53 Å². The van der Waals surface area contributed by atoms with Crippen LogP contribution in [-0.4, -0.2) is 27.5 Å². The Bertz CT molecular complexity index is 1180. The number of anilines is 1. The molecule has 1 atom stereocenters. The molecule has 0 aliphatic carbocycles. The van der Waals surface area contributed by atoms with E-state index in [-0.39, 0.29) is 12.5 Å². The monoisotopic (exact) mass is 414 g/mol. The summed E-state index contributed by atoms with van der Waals surface area (Å²) in [7, 11) is 0. The smallest absolute Gasteiger partial charge is 0.262 e. The van der Waals surface area contributed by atoms with Crippen molar-refractivity contribution in [3.8, 4) is 11.4 Å². The van der Waals surface area contributed by atoms with Gasteiger partial charge < -0.3 is 10.1 Å². The molecule has 0 fully saturated rings. The van der Waals surface area contributed by atoms with Crippen LogP contribution < -0.4 is 10.1 Å². The molecular weight excluding hydrogens is 388 g/mol. The van der Waals surface area contributed by atoms with E-state index in [1.165, 1.54) is 11.1 Å². The number of carbonyl (C=O) groups is 1. The average molecular weight is 415 g/mol.